The molecule has 39 heavy (non-hydrogen) atoms. The number of carbonyl (C=O) groups excluding carboxylic acids is 1. The average Bonchev–Trinajstić information content (AvgIpc) is 3.29. The largest absolute Gasteiger partial charge is 0.478 e. The summed E-state index contributed by atoms with van der Waals surface area (Å²) in [5, 5.41) is 9.95. The van der Waals surface area contributed by atoms with Crippen molar-refractivity contribution in [2.75, 3.05) is 19.6 Å². The lowest BCUT2D eigenvalue weighted by Crippen LogP contribution is -2.49. The first-order chi connectivity index (χ1) is 18.7. The van der Waals surface area contributed by atoms with Crippen LogP contribution < -0.4 is 0 Å². The molecule has 2 aliphatic heterocycles. The highest BCUT2D eigenvalue weighted by molar-refractivity contribution is 7.99. The molecule has 2 aromatic carbocycles. The number of pyridine rings is 1. The van der Waals surface area contributed by atoms with E-state index in [2.05, 4.69) is 65.9 Å². The van der Waals surface area contributed by atoms with E-state index in [0.717, 1.165) is 54.5 Å². The zero-order valence-corrected chi connectivity index (χ0v) is 23.6. The van der Waals surface area contributed by atoms with Gasteiger partial charge in [-0.05, 0) is 75.1 Å². The first kappa shape index (κ1) is 27.2. The van der Waals surface area contributed by atoms with Gasteiger partial charge in [-0.3, -0.25) is 4.90 Å². The fourth-order valence-corrected chi connectivity index (χ4v) is 6.24. The Morgan fingerprint density at radius 3 is 2.28 bits per heavy atom. The lowest BCUT2D eigenvalue weighted by molar-refractivity contribution is 0.0696. The number of aromatic nitrogens is 1. The summed E-state index contributed by atoms with van der Waals surface area (Å²) in [7, 11) is 0. The van der Waals surface area contributed by atoms with E-state index in [9.17, 15) is 9.59 Å². The normalized spacial score (nSPS) is 19.1. The summed E-state index contributed by atoms with van der Waals surface area (Å²) in [6, 6.07) is 21.9. The lowest BCUT2D eigenvalue weighted by atomic mass is 9.98. The SMILES string of the molecule is CC(C)(C)N1CC(c2ccccc2)N(C2CCN(Cc3ccc(Sc4ccc(C(=O)O)cc4)nc3)CC2)C1=O. The third-order valence-electron chi connectivity index (χ3n) is 7.62. The lowest BCUT2D eigenvalue weighted by Gasteiger charge is -2.39. The van der Waals surface area contributed by atoms with Crippen LogP contribution in [0.25, 0.3) is 0 Å². The Labute approximate surface area is 234 Å². The number of benzene rings is 2. The van der Waals surface area contributed by atoms with Crippen molar-refractivity contribution >= 4 is 23.8 Å². The molecule has 2 amide bonds. The summed E-state index contributed by atoms with van der Waals surface area (Å²) in [5.41, 5.74) is 2.45. The van der Waals surface area contributed by atoms with Crippen molar-refractivity contribution in [2.24, 2.45) is 0 Å². The molecule has 3 aromatic rings. The quantitative estimate of drug-likeness (QED) is 0.383. The van der Waals surface area contributed by atoms with Crippen molar-refractivity contribution in [2.45, 2.75) is 67.7 Å². The van der Waals surface area contributed by atoms with Crippen LogP contribution in [0, 0.1) is 0 Å². The minimum absolute atomic E-state index is 0.0871. The van der Waals surface area contributed by atoms with Crippen molar-refractivity contribution in [3.63, 3.8) is 0 Å². The van der Waals surface area contributed by atoms with E-state index < -0.39 is 5.97 Å². The molecule has 8 heteroatoms. The van der Waals surface area contributed by atoms with E-state index in [0.29, 0.717) is 0 Å². The summed E-state index contributed by atoms with van der Waals surface area (Å²) < 4.78 is 0. The van der Waals surface area contributed by atoms with Crippen molar-refractivity contribution in [3.05, 3.63) is 89.6 Å². The third kappa shape index (κ3) is 6.28. The number of carboxylic acids is 1. The van der Waals surface area contributed by atoms with E-state index in [1.165, 1.54) is 17.3 Å². The minimum Gasteiger partial charge on any atom is -0.478 e. The van der Waals surface area contributed by atoms with Crippen LogP contribution in [-0.4, -0.2) is 68.0 Å². The highest BCUT2D eigenvalue weighted by Crippen LogP contribution is 2.37. The van der Waals surface area contributed by atoms with Gasteiger partial charge >= 0.3 is 12.0 Å². The Bertz CT molecular complexity index is 1280. The topological polar surface area (TPSA) is 77.0 Å². The monoisotopic (exact) mass is 544 g/mol. The van der Waals surface area contributed by atoms with Crippen LogP contribution in [0.3, 0.4) is 0 Å². The summed E-state index contributed by atoms with van der Waals surface area (Å²) in [5.74, 6) is -0.923. The van der Waals surface area contributed by atoms with Crippen molar-refractivity contribution in [3.8, 4) is 0 Å². The summed E-state index contributed by atoms with van der Waals surface area (Å²) in [6.45, 7) is 9.80. The van der Waals surface area contributed by atoms with Gasteiger partial charge in [0.1, 0.15) is 5.03 Å². The number of likely N-dealkylation sites (tertiary alicyclic amines) is 1. The number of carboxylic acid groups (broad SMARTS) is 1. The summed E-state index contributed by atoms with van der Waals surface area (Å²) >= 11 is 1.52. The molecular weight excluding hydrogens is 508 g/mol. The predicted octanol–water partition coefficient (Wildman–Crippen LogP) is 6.17. The summed E-state index contributed by atoms with van der Waals surface area (Å²) in [4.78, 5) is 36.9. The average molecular weight is 545 g/mol. The number of rotatable bonds is 7. The van der Waals surface area contributed by atoms with Gasteiger partial charge in [0.05, 0.1) is 11.6 Å². The second kappa shape index (κ2) is 11.4. The number of piperidine rings is 1. The molecule has 7 nitrogen and oxygen atoms in total. The maximum atomic E-state index is 13.6. The molecule has 1 atom stereocenters. The maximum Gasteiger partial charge on any atom is 0.335 e. The number of carbonyl (C=O) groups is 2. The second-order valence-corrected chi connectivity index (χ2v) is 12.4. The molecule has 2 saturated heterocycles. The Hall–Kier alpha value is -3.36. The zero-order chi connectivity index (χ0) is 27.6. The number of urea groups is 1. The van der Waals surface area contributed by atoms with E-state index in [1.807, 2.05) is 35.4 Å². The molecule has 1 unspecified atom stereocenters. The van der Waals surface area contributed by atoms with E-state index in [4.69, 9.17) is 5.11 Å². The van der Waals surface area contributed by atoms with Gasteiger partial charge in [0.15, 0.2) is 0 Å². The van der Waals surface area contributed by atoms with E-state index >= 15 is 0 Å². The van der Waals surface area contributed by atoms with Crippen LogP contribution in [0.5, 0.6) is 0 Å². The van der Waals surface area contributed by atoms with Gasteiger partial charge in [0.25, 0.3) is 0 Å². The fraction of sp³-hybridized carbons (Fsp3) is 0.387. The van der Waals surface area contributed by atoms with Crippen LogP contribution in [0.2, 0.25) is 0 Å². The Morgan fingerprint density at radius 1 is 1.00 bits per heavy atom. The number of hydrogen-bond acceptors (Lipinski definition) is 5. The Kier molecular flexibility index (Phi) is 7.96. The molecule has 5 rings (SSSR count). The first-order valence-electron chi connectivity index (χ1n) is 13.5. The Morgan fingerprint density at radius 2 is 1.69 bits per heavy atom. The number of aromatic carboxylic acids is 1. The van der Waals surface area contributed by atoms with Gasteiger partial charge in [0.2, 0.25) is 0 Å². The number of nitrogens with zero attached hydrogens (tertiary/aromatic N) is 4. The van der Waals surface area contributed by atoms with Gasteiger partial charge in [-0.25, -0.2) is 14.6 Å². The van der Waals surface area contributed by atoms with Crippen LogP contribution in [0.4, 0.5) is 4.79 Å². The Balaban J connectivity index is 1.19. The van der Waals surface area contributed by atoms with Crippen molar-refractivity contribution in [1.82, 2.24) is 19.7 Å². The standard InChI is InChI=1S/C31H36N4O3S/c1-31(2,3)34-21-27(23-7-5-4-6-8-23)35(30(34)38)25-15-17-33(18-16-25)20-22-9-14-28(32-19-22)39-26-12-10-24(11-13-26)29(36)37/h4-14,19,25,27H,15-18,20-21H2,1-3H3,(H,36,37). The molecule has 204 valence electrons. The zero-order valence-electron chi connectivity index (χ0n) is 22.8. The number of hydrogen-bond donors (Lipinski definition) is 1. The fourth-order valence-electron chi connectivity index (χ4n) is 5.49. The van der Waals surface area contributed by atoms with Gasteiger partial charge in [-0.2, -0.15) is 0 Å². The smallest absolute Gasteiger partial charge is 0.335 e. The van der Waals surface area contributed by atoms with E-state index in [-0.39, 0.29) is 29.2 Å². The second-order valence-electron chi connectivity index (χ2n) is 11.3. The predicted molar refractivity (Wildman–Crippen MR) is 153 cm³/mol. The third-order valence-corrected chi connectivity index (χ3v) is 8.57. The van der Waals surface area contributed by atoms with Crippen LogP contribution >= 0.6 is 11.8 Å². The molecule has 0 spiro atoms. The van der Waals surface area contributed by atoms with Gasteiger partial charge < -0.3 is 14.9 Å². The molecule has 2 fully saturated rings. The molecule has 0 aliphatic carbocycles. The van der Waals surface area contributed by atoms with Gasteiger partial charge in [-0.15, -0.1) is 0 Å². The minimum atomic E-state index is -0.923. The summed E-state index contributed by atoms with van der Waals surface area (Å²) in [6.07, 6.45) is 3.85. The molecular formula is C31H36N4O3S. The molecule has 3 heterocycles. The van der Waals surface area contributed by atoms with Crippen molar-refractivity contribution in [1.29, 1.82) is 0 Å². The van der Waals surface area contributed by atoms with Gasteiger partial charge in [-0.1, -0.05) is 48.2 Å². The molecule has 1 aromatic heterocycles. The van der Waals surface area contributed by atoms with Gasteiger partial charge in [0, 0.05) is 48.9 Å². The highest BCUT2D eigenvalue weighted by atomic mass is 32.2. The first-order valence-corrected chi connectivity index (χ1v) is 14.3. The van der Waals surface area contributed by atoms with Crippen LogP contribution in [0.1, 0.15) is 61.1 Å². The molecule has 2 aliphatic rings. The van der Waals surface area contributed by atoms with Crippen LogP contribution in [-0.2, 0) is 6.54 Å². The molecule has 0 bridgehead atoms. The highest BCUT2D eigenvalue weighted by Gasteiger charge is 2.46. The number of amides is 2. The molecule has 0 saturated carbocycles. The van der Waals surface area contributed by atoms with E-state index in [1.54, 1.807) is 12.1 Å². The van der Waals surface area contributed by atoms with Crippen LogP contribution in [0.15, 0.2) is 82.8 Å². The molecule has 1 N–H and O–H groups in total. The maximum absolute atomic E-state index is 13.6. The molecule has 0 radical (unpaired) electrons. The van der Waals surface area contributed by atoms with Crippen molar-refractivity contribution < 1.29 is 14.7 Å².